The van der Waals surface area contributed by atoms with Gasteiger partial charge in [-0.2, -0.15) is 18.3 Å². The number of benzene rings is 2. The highest BCUT2D eigenvalue weighted by atomic mass is 35.5. The van der Waals surface area contributed by atoms with Gasteiger partial charge in [-0.1, -0.05) is 17.7 Å². The van der Waals surface area contributed by atoms with Crippen molar-refractivity contribution in [1.29, 1.82) is 0 Å². The number of anilines is 1. The topological polar surface area (TPSA) is 70.6 Å². The summed E-state index contributed by atoms with van der Waals surface area (Å²) in [5.41, 5.74) is 2.07. The molecule has 2 aromatic carbocycles. The van der Waals surface area contributed by atoms with Gasteiger partial charge in [-0.05, 0) is 49.4 Å². The lowest BCUT2D eigenvalue weighted by Gasteiger charge is -2.10. The van der Waals surface area contributed by atoms with Crippen LogP contribution in [0, 0.1) is 0 Å². The monoisotopic (exact) mass is 397 g/mol. The standard InChI is InChI=1S/C18H15ClF3N3O2/c1-11(24-25-17(27)12-5-7-14(19)8-6-12)9-16(26)23-15-4-2-3-13(10-15)18(20,21)22/h2-8,10H,9H2,1H3,(H,23,26)(H,25,27)/b24-11+. The highest BCUT2D eigenvalue weighted by Gasteiger charge is 2.30. The summed E-state index contributed by atoms with van der Waals surface area (Å²) < 4.78 is 38.0. The van der Waals surface area contributed by atoms with Crippen molar-refractivity contribution in [1.82, 2.24) is 5.43 Å². The van der Waals surface area contributed by atoms with Gasteiger partial charge >= 0.3 is 6.18 Å². The molecule has 0 aliphatic heterocycles. The van der Waals surface area contributed by atoms with Gasteiger partial charge in [-0.3, -0.25) is 9.59 Å². The molecule has 2 N–H and O–H groups in total. The molecule has 0 unspecified atom stereocenters. The molecule has 5 nitrogen and oxygen atoms in total. The summed E-state index contributed by atoms with van der Waals surface area (Å²) >= 11 is 5.74. The average Bonchev–Trinajstić information content (AvgIpc) is 2.59. The zero-order chi connectivity index (χ0) is 20.0. The third-order valence-corrected chi connectivity index (χ3v) is 3.60. The van der Waals surface area contributed by atoms with Gasteiger partial charge in [0.05, 0.1) is 12.0 Å². The Morgan fingerprint density at radius 1 is 1.11 bits per heavy atom. The summed E-state index contributed by atoms with van der Waals surface area (Å²) in [6.45, 7) is 1.51. The Labute approximate surface area is 158 Å². The lowest BCUT2D eigenvalue weighted by atomic mass is 10.2. The molecule has 27 heavy (non-hydrogen) atoms. The molecule has 0 heterocycles. The molecule has 0 fully saturated rings. The van der Waals surface area contributed by atoms with Gasteiger partial charge in [0, 0.05) is 22.0 Å². The first-order valence-electron chi connectivity index (χ1n) is 7.71. The molecular formula is C18H15ClF3N3O2. The number of nitrogens with zero attached hydrogens (tertiary/aromatic N) is 1. The van der Waals surface area contributed by atoms with Crippen LogP contribution in [0.3, 0.4) is 0 Å². The highest BCUT2D eigenvalue weighted by molar-refractivity contribution is 6.30. The minimum Gasteiger partial charge on any atom is -0.326 e. The summed E-state index contributed by atoms with van der Waals surface area (Å²) in [5, 5.41) is 6.65. The Morgan fingerprint density at radius 3 is 2.41 bits per heavy atom. The quantitative estimate of drug-likeness (QED) is 0.576. The first-order chi connectivity index (χ1) is 12.6. The molecular weight excluding hydrogens is 383 g/mol. The third-order valence-electron chi connectivity index (χ3n) is 3.34. The van der Waals surface area contributed by atoms with Gasteiger partial charge in [0.25, 0.3) is 5.91 Å². The second-order valence-electron chi connectivity index (χ2n) is 5.60. The minimum absolute atomic E-state index is 0.0211. The largest absolute Gasteiger partial charge is 0.416 e. The SMILES string of the molecule is C/C(CC(=O)Nc1cccc(C(F)(F)F)c1)=N\NC(=O)c1ccc(Cl)cc1. The van der Waals surface area contributed by atoms with Crippen LogP contribution in [0.4, 0.5) is 18.9 Å². The van der Waals surface area contributed by atoms with E-state index in [1.807, 2.05) is 0 Å². The van der Waals surface area contributed by atoms with Crippen molar-refractivity contribution in [3.8, 4) is 0 Å². The van der Waals surface area contributed by atoms with Crippen molar-refractivity contribution in [3.05, 3.63) is 64.7 Å². The number of hydrazone groups is 1. The summed E-state index contributed by atoms with van der Waals surface area (Å²) in [6, 6.07) is 10.4. The number of carbonyl (C=O) groups is 2. The maximum absolute atomic E-state index is 12.7. The zero-order valence-corrected chi connectivity index (χ0v) is 14.9. The van der Waals surface area contributed by atoms with Crippen molar-refractivity contribution >= 4 is 34.8 Å². The van der Waals surface area contributed by atoms with Gasteiger partial charge < -0.3 is 5.32 Å². The Balaban J connectivity index is 1.92. The molecule has 2 amide bonds. The number of alkyl halides is 3. The molecule has 0 radical (unpaired) electrons. The number of amides is 2. The fraction of sp³-hybridized carbons (Fsp3) is 0.167. The molecule has 9 heteroatoms. The third kappa shape index (κ3) is 6.41. The van der Waals surface area contributed by atoms with E-state index in [2.05, 4.69) is 15.8 Å². The molecule has 0 aromatic heterocycles. The molecule has 0 spiro atoms. The average molecular weight is 398 g/mol. The molecule has 2 aromatic rings. The molecule has 0 saturated heterocycles. The smallest absolute Gasteiger partial charge is 0.326 e. The van der Waals surface area contributed by atoms with Crippen molar-refractivity contribution in [2.45, 2.75) is 19.5 Å². The number of carbonyl (C=O) groups excluding carboxylic acids is 2. The molecule has 2 rings (SSSR count). The molecule has 142 valence electrons. The van der Waals surface area contributed by atoms with Crippen molar-refractivity contribution in [3.63, 3.8) is 0 Å². The first-order valence-corrected chi connectivity index (χ1v) is 8.09. The summed E-state index contributed by atoms with van der Waals surface area (Å²) in [7, 11) is 0. The summed E-state index contributed by atoms with van der Waals surface area (Å²) in [5.74, 6) is -1.04. The van der Waals surface area contributed by atoms with Crippen molar-refractivity contribution in [2.75, 3.05) is 5.32 Å². The van der Waals surface area contributed by atoms with Gasteiger partial charge in [0.15, 0.2) is 0 Å². The van der Waals surface area contributed by atoms with Crippen LogP contribution in [0.5, 0.6) is 0 Å². The van der Waals surface area contributed by atoms with Crippen LogP contribution in [0.15, 0.2) is 53.6 Å². The van der Waals surface area contributed by atoms with E-state index in [0.29, 0.717) is 10.6 Å². The van der Waals surface area contributed by atoms with Crippen molar-refractivity contribution in [2.24, 2.45) is 5.10 Å². The van der Waals surface area contributed by atoms with Crippen LogP contribution in [0.2, 0.25) is 5.02 Å². The van der Waals surface area contributed by atoms with E-state index >= 15 is 0 Å². The molecule has 0 aliphatic rings. The Hall–Kier alpha value is -2.87. The second-order valence-corrected chi connectivity index (χ2v) is 6.03. The lowest BCUT2D eigenvalue weighted by molar-refractivity contribution is -0.137. The lowest BCUT2D eigenvalue weighted by Crippen LogP contribution is -2.21. The van der Waals surface area contributed by atoms with Gasteiger partial charge in [-0.15, -0.1) is 0 Å². The van der Waals surface area contributed by atoms with Crippen LogP contribution >= 0.6 is 11.6 Å². The molecule has 0 saturated carbocycles. The number of hydrogen-bond acceptors (Lipinski definition) is 3. The fourth-order valence-electron chi connectivity index (χ4n) is 2.06. The number of hydrogen-bond donors (Lipinski definition) is 2. The summed E-state index contributed by atoms with van der Waals surface area (Å²) in [4.78, 5) is 23.8. The van der Waals surface area contributed by atoms with Crippen LogP contribution in [0.1, 0.15) is 29.3 Å². The van der Waals surface area contributed by atoms with Crippen LogP contribution in [-0.4, -0.2) is 17.5 Å². The Morgan fingerprint density at radius 2 is 1.78 bits per heavy atom. The predicted octanol–water partition coefficient (Wildman–Crippen LogP) is 4.49. The van der Waals surface area contributed by atoms with E-state index in [0.717, 1.165) is 12.1 Å². The zero-order valence-electron chi connectivity index (χ0n) is 14.1. The molecule has 0 aliphatic carbocycles. The number of halogens is 4. The molecule has 0 bridgehead atoms. The maximum Gasteiger partial charge on any atom is 0.416 e. The summed E-state index contributed by atoms with van der Waals surface area (Å²) in [6.07, 6.45) is -4.69. The van der Waals surface area contributed by atoms with E-state index in [-0.39, 0.29) is 17.8 Å². The fourth-order valence-corrected chi connectivity index (χ4v) is 2.19. The predicted molar refractivity (Wildman–Crippen MR) is 96.7 cm³/mol. The van der Waals surface area contributed by atoms with Crippen LogP contribution < -0.4 is 10.7 Å². The van der Waals surface area contributed by atoms with Crippen LogP contribution in [0.25, 0.3) is 0 Å². The molecule has 0 atom stereocenters. The highest BCUT2D eigenvalue weighted by Crippen LogP contribution is 2.30. The van der Waals surface area contributed by atoms with Crippen molar-refractivity contribution < 1.29 is 22.8 Å². The first kappa shape index (κ1) is 20.4. The van der Waals surface area contributed by atoms with E-state index in [1.54, 1.807) is 12.1 Å². The van der Waals surface area contributed by atoms with E-state index in [1.165, 1.54) is 31.2 Å². The Bertz CT molecular complexity index is 865. The van der Waals surface area contributed by atoms with Crippen LogP contribution in [-0.2, 0) is 11.0 Å². The normalized spacial score (nSPS) is 11.8. The van der Waals surface area contributed by atoms with Gasteiger partial charge in [0.2, 0.25) is 5.91 Å². The van der Waals surface area contributed by atoms with E-state index in [4.69, 9.17) is 11.6 Å². The van der Waals surface area contributed by atoms with Gasteiger partial charge in [-0.25, -0.2) is 5.43 Å². The van der Waals surface area contributed by atoms with Gasteiger partial charge in [0.1, 0.15) is 0 Å². The van der Waals surface area contributed by atoms with E-state index in [9.17, 15) is 22.8 Å². The second kappa shape index (κ2) is 8.68. The number of nitrogens with one attached hydrogen (secondary N) is 2. The maximum atomic E-state index is 12.7. The number of rotatable bonds is 5. The Kier molecular flexibility index (Phi) is 6.57. The van der Waals surface area contributed by atoms with E-state index < -0.39 is 23.6 Å². The minimum atomic E-state index is -4.50.